The van der Waals surface area contributed by atoms with Gasteiger partial charge in [0.2, 0.25) is 5.75 Å². The Morgan fingerprint density at radius 1 is 0.606 bits per heavy atom. The van der Waals surface area contributed by atoms with Gasteiger partial charge in [-0.25, -0.2) is 0 Å². The van der Waals surface area contributed by atoms with Crippen molar-refractivity contribution in [2.75, 3.05) is 21.3 Å². The lowest BCUT2D eigenvalue weighted by molar-refractivity contribution is 0.323. The topological polar surface area (TPSA) is 27.7 Å². The van der Waals surface area contributed by atoms with Gasteiger partial charge in [-0.3, -0.25) is 0 Å². The molecule has 170 valence electrons. The highest BCUT2D eigenvalue weighted by molar-refractivity contribution is 8.93. The quantitative estimate of drug-likeness (QED) is 0.280. The van der Waals surface area contributed by atoms with Gasteiger partial charge in [0.05, 0.1) is 21.3 Å². The van der Waals surface area contributed by atoms with E-state index < -0.39 is 7.92 Å². The zero-order chi connectivity index (χ0) is 22.3. The molecule has 4 aromatic rings. The Bertz CT molecular complexity index is 1110. The van der Waals surface area contributed by atoms with Crippen LogP contribution in [0.4, 0.5) is 0 Å². The van der Waals surface area contributed by atoms with Crippen molar-refractivity contribution >= 4 is 40.8 Å². The van der Waals surface area contributed by atoms with E-state index in [2.05, 4.69) is 91.0 Å². The molecule has 0 fully saturated rings. The van der Waals surface area contributed by atoms with Crippen LogP contribution in [0.3, 0.4) is 0 Å². The lowest BCUT2D eigenvalue weighted by Crippen LogP contribution is -2.24. The van der Waals surface area contributed by atoms with Crippen molar-refractivity contribution in [1.82, 2.24) is 0 Å². The summed E-state index contributed by atoms with van der Waals surface area (Å²) in [7, 11) is 4.19. The molecule has 0 unspecified atom stereocenters. The molecule has 0 spiro atoms. The first-order chi connectivity index (χ1) is 15.8. The largest absolute Gasteiger partial charge is 0.493 e. The Kier molecular flexibility index (Phi) is 8.94. The molecule has 4 rings (SSSR count). The molecule has 0 aromatic heterocycles. The lowest BCUT2D eigenvalue weighted by atomic mass is 10.0. The minimum absolute atomic E-state index is 0. The first kappa shape index (κ1) is 24.8. The van der Waals surface area contributed by atoms with Gasteiger partial charge in [0.15, 0.2) is 11.5 Å². The van der Waals surface area contributed by atoms with Crippen molar-refractivity contribution in [3.05, 3.63) is 108 Å². The van der Waals surface area contributed by atoms with E-state index in [9.17, 15) is 0 Å². The first-order valence-electron chi connectivity index (χ1n) is 10.5. The molecule has 5 heteroatoms. The van der Waals surface area contributed by atoms with Crippen LogP contribution in [-0.4, -0.2) is 21.3 Å². The van der Waals surface area contributed by atoms with Gasteiger partial charge in [-0.15, -0.1) is 17.0 Å². The maximum absolute atomic E-state index is 5.95. The number of benzene rings is 4. The molecular weight excluding hydrogens is 495 g/mol. The summed E-state index contributed by atoms with van der Waals surface area (Å²) >= 11 is 0. The van der Waals surface area contributed by atoms with Crippen LogP contribution < -0.4 is 30.1 Å². The molecular formula is C28H28BrO3P. The molecule has 0 saturated carbocycles. The van der Waals surface area contributed by atoms with Gasteiger partial charge in [-0.1, -0.05) is 91.0 Å². The molecule has 0 aliphatic rings. The molecule has 0 bridgehead atoms. The minimum Gasteiger partial charge on any atom is -0.493 e. The van der Waals surface area contributed by atoms with Crippen LogP contribution in [0.5, 0.6) is 17.2 Å². The van der Waals surface area contributed by atoms with Crippen molar-refractivity contribution in [1.29, 1.82) is 0 Å². The average molecular weight is 523 g/mol. The van der Waals surface area contributed by atoms with E-state index in [1.165, 1.54) is 21.5 Å². The third-order valence-electron chi connectivity index (χ3n) is 5.40. The molecule has 4 aromatic carbocycles. The Labute approximate surface area is 207 Å². The Morgan fingerprint density at radius 2 is 1.09 bits per heavy atom. The monoisotopic (exact) mass is 522 g/mol. The van der Waals surface area contributed by atoms with Crippen molar-refractivity contribution in [2.45, 2.75) is 6.42 Å². The number of methoxy groups -OCH3 is 3. The van der Waals surface area contributed by atoms with Crippen molar-refractivity contribution in [2.24, 2.45) is 0 Å². The van der Waals surface area contributed by atoms with Crippen molar-refractivity contribution < 1.29 is 14.2 Å². The summed E-state index contributed by atoms with van der Waals surface area (Å²) in [5.74, 6) is 2.03. The second-order valence-electron chi connectivity index (χ2n) is 7.31. The summed E-state index contributed by atoms with van der Waals surface area (Å²) in [4.78, 5) is 0. The van der Waals surface area contributed by atoms with Crippen LogP contribution in [0.1, 0.15) is 11.1 Å². The third kappa shape index (κ3) is 5.40. The fourth-order valence-corrected chi connectivity index (χ4v) is 6.45. The van der Waals surface area contributed by atoms with Crippen LogP contribution >= 0.6 is 24.9 Å². The van der Waals surface area contributed by atoms with E-state index in [-0.39, 0.29) is 17.0 Å². The molecule has 0 saturated heterocycles. The van der Waals surface area contributed by atoms with E-state index >= 15 is 0 Å². The van der Waals surface area contributed by atoms with Crippen LogP contribution in [0, 0.1) is 0 Å². The molecule has 0 aliphatic heterocycles. The predicted molar refractivity (Wildman–Crippen MR) is 144 cm³/mol. The zero-order valence-corrected chi connectivity index (χ0v) is 21.6. The highest BCUT2D eigenvalue weighted by Gasteiger charge is 2.27. The van der Waals surface area contributed by atoms with E-state index in [1.807, 2.05) is 6.07 Å². The fraction of sp³-hybridized carbons (Fsp3) is 0.143. The number of halogens is 1. The van der Waals surface area contributed by atoms with Crippen LogP contribution in [0.15, 0.2) is 97.1 Å². The highest BCUT2D eigenvalue weighted by atomic mass is 79.9. The van der Waals surface area contributed by atoms with Gasteiger partial charge >= 0.3 is 0 Å². The second-order valence-corrected chi connectivity index (χ2v) is 9.50. The SMILES string of the molecule is Br.COc1cc(P(c2ccccc2)c2ccccc2)c(Cc2ccccc2)c(OC)c1OC. The number of rotatable bonds is 8. The Hall–Kier alpha value is -2.81. The van der Waals surface area contributed by atoms with Crippen molar-refractivity contribution in [3.63, 3.8) is 0 Å². The molecule has 3 nitrogen and oxygen atoms in total. The lowest BCUT2D eigenvalue weighted by Gasteiger charge is -2.26. The first-order valence-corrected chi connectivity index (χ1v) is 11.9. The highest BCUT2D eigenvalue weighted by Crippen LogP contribution is 2.45. The molecule has 0 aliphatic carbocycles. The summed E-state index contributed by atoms with van der Waals surface area (Å²) < 4.78 is 17.4. The van der Waals surface area contributed by atoms with Crippen LogP contribution in [-0.2, 0) is 6.42 Å². The maximum Gasteiger partial charge on any atom is 0.203 e. The summed E-state index contributed by atoms with van der Waals surface area (Å²) in [6, 6.07) is 33.9. The van der Waals surface area contributed by atoms with Gasteiger partial charge < -0.3 is 14.2 Å². The number of hydrogen-bond donors (Lipinski definition) is 0. The summed E-state index contributed by atoms with van der Waals surface area (Å²) in [5.41, 5.74) is 2.34. The average Bonchev–Trinajstić information content (AvgIpc) is 2.86. The Morgan fingerprint density at radius 3 is 1.55 bits per heavy atom. The second kappa shape index (κ2) is 11.9. The molecule has 0 heterocycles. The van der Waals surface area contributed by atoms with E-state index in [1.54, 1.807) is 21.3 Å². The van der Waals surface area contributed by atoms with Gasteiger partial charge in [0.1, 0.15) is 0 Å². The molecule has 0 atom stereocenters. The minimum atomic E-state index is -0.840. The van der Waals surface area contributed by atoms with Gasteiger partial charge in [-0.05, 0) is 35.5 Å². The zero-order valence-electron chi connectivity index (χ0n) is 19.0. The van der Waals surface area contributed by atoms with Crippen LogP contribution in [0.25, 0.3) is 0 Å². The third-order valence-corrected chi connectivity index (χ3v) is 7.91. The molecule has 0 radical (unpaired) electrons. The molecule has 33 heavy (non-hydrogen) atoms. The van der Waals surface area contributed by atoms with E-state index in [0.29, 0.717) is 11.5 Å². The van der Waals surface area contributed by atoms with E-state index in [4.69, 9.17) is 14.2 Å². The predicted octanol–water partition coefficient (Wildman–Crippen LogP) is 5.64. The van der Waals surface area contributed by atoms with E-state index in [0.717, 1.165) is 17.7 Å². The molecule has 0 N–H and O–H groups in total. The van der Waals surface area contributed by atoms with Gasteiger partial charge in [-0.2, -0.15) is 0 Å². The smallest absolute Gasteiger partial charge is 0.203 e. The Balaban J connectivity index is 0.00000306. The van der Waals surface area contributed by atoms with Gasteiger partial charge in [0.25, 0.3) is 0 Å². The summed E-state index contributed by atoms with van der Waals surface area (Å²) in [5, 5.41) is 3.75. The normalized spacial score (nSPS) is 10.4. The summed E-state index contributed by atoms with van der Waals surface area (Å²) in [6.45, 7) is 0. The summed E-state index contributed by atoms with van der Waals surface area (Å²) in [6.07, 6.45) is 0.734. The maximum atomic E-state index is 5.95. The molecule has 0 amide bonds. The number of ether oxygens (including phenoxy) is 3. The van der Waals surface area contributed by atoms with Crippen LogP contribution in [0.2, 0.25) is 0 Å². The fourth-order valence-electron chi connectivity index (χ4n) is 3.95. The van der Waals surface area contributed by atoms with Gasteiger partial charge in [0, 0.05) is 12.0 Å². The van der Waals surface area contributed by atoms with Crippen molar-refractivity contribution in [3.8, 4) is 17.2 Å². The standard InChI is InChI=1S/C28H27O3P.BrH/c1-29-25-20-26(32(22-15-9-5-10-16-22)23-17-11-6-12-18-23)24(27(30-2)28(25)31-3)19-21-13-7-4-8-14-21;/h4-18,20H,19H2,1-3H3;1H. The number of hydrogen-bond acceptors (Lipinski definition) is 3.